The van der Waals surface area contributed by atoms with E-state index in [2.05, 4.69) is 42.3 Å². The fourth-order valence-electron chi connectivity index (χ4n) is 3.80. The van der Waals surface area contributed by atoms with Crippen molar-refractivity contribution in [2.45, 2.75) is 53.0 Å². The molecule has 112 valence electrons. The molecule has 2 heterocycles. The van der Waals surface area contributed by atoms with Crippen molar-refractivity contribution in [1.29, 1.82) is 0 Å². The highest BCUT2D eigenvalue weighted by molar-refractivity contribution is 5.63. The lowest BCUT2D eigenvalue weighted by Gasteiger charge is -2.41. The van der Waals surface area contributed by atoms with Crippen LogP contribution in [0.5, 0.6) is 0 Å². The number of nitrogens with one attached hydrogen (secondary N) is 1. The largest absolute Gasteiger partial charge is 0.369 e. The van der Waals surface area contributed by atoms with Crippen molar-refractivity contribution in [2.24, 2.45) is 5.92 Å². The second-order valence-corrected chi connectivity index (χ2v) is 5.66. The summed E-state index contributed by atoms with van der Waals surface area (Å²) in [6.45, 7) is 13.3. The van der Waals surface area contributed by atoms with E-state index in [1.165, 1.54) is 24.9 Å². The van der Waals surface area contributed by atoms with E-state index in [4.69, 9.17) is 0 Å². The molecule has 0 saturated heterocycles. The SMILES string of the molecule is CC.CCC1CN2CCNCc3cccc(c32)C1CC. The van der Waals surface area contributed by atoms with Gasteiger partial charge in [-0.3, -0.25) is 0 Å². The Bertz CT molecular complexity index is 427. The highest BCUT2D eigenvalue weighted by Gasteiger charge is 2.33. The van der Waals surface area contributed by atoms with Gasteiger partial charge < -0.3 is 10.2 Å². The minimum atomic E-state index is 0.763. The average Bonchev–Trinajstić information content (AvgIpc) is 2.72. The fraction of sp³-hybridized carbons (Fsp3) is 0.667. The van der Waals surface area contributed by atoms with Gasteiger partial charge in [-0.15, -0.1) is 0 Å². The van der Waals surface area contributed by atoms with Crippen LogP contribution in [-0.2, 0) is 6.54 Å². The minimum Gasteiger partial charge on any atom is -0.369 e. The van der Waals surface area contributed by atoms with Gasteiger partial charge in [0, 0.05) is 31.9 Å². The van der Waals surface area contributed by atoms with E-state index in [1.54, 1.807) is 11.3 Å². The third kappa shape index (κ3) is 2.71. The van der Waals surface area contributed by atoms with Gasteiger partial charge in [-0.2, -0.15) is 0 Å². The van der Waals surface area contributed by atoms with Gasteiger partial charge in [0.15, 0.2) is 0 Å². The van der Waals surface area contributed by atoms with Crippen LogP contribution >= 0.6 is 0 Å². The van der Waals surface area contributed by atoms with Gasteiger partial charge in [-0.1, -0.05) is 52.3 Å². The second kappa shape index (κ2) is 7.12. The highest BCUT2D eigenvalue weighted by atomic mass is 15.2. The standard InChI is InChI=1S/C16H24N2.C2H6/c1-3-12-11-18-9-8-17-10-13-6-5-7-15(16(13)18)14(12)4-2;1-2/h5-7,12,14,17H,3-4,8-11H2,1-2H3;1-2H3. The summed E-state index contributed by atoms with van der Waals surface area (Å²) in [7, 11) is 0. The predicted octanol–water partition coefficient (Wildman–Crippen LogP) is 4.16. The summed E-state index contributed by atoms with van der Waals surface area (Å²) in [5, 5.41) is 3.55. The van der Waals surface area contributed by atoms with Gasteiger partial charge in [-0.25, -0.2) is 0 Å². The van der Waals surface area contributed by atoms with Gasteiger partial charge in [0.1, 0.15) is 0 Å². The van der Waals surface area contributed by atoms with Crippen molar-refractivity contribution >= 4 is 5.69 Å². The Kier molecular flexibility index (Phi) is 5.47. The van der Waals surface area contributed by atoms with Crippen molar-refractivity contribution < 1.29 is 0 Å². The molecule has 1 N–H and O–H groups in total. The minimum absolute atomic E-state index is 0.763. The van der Waals surface area contributed by atoms with Crippen molar-refractivity contribution in [1.82, 2.24) is 5.32 Å². The molecule has 0 saturated carbocycles. The Morgan fingerprint density at radius 2 is 2.00 bits per heavy atom. The second-order valence-electron chi connectivity index (χ2n) is 5.66. The number of hydrogen-bond donors (Lipinski definition) is 1. The summed E-state index contributed by atoms with van der Waals surface area (Å²) in [5.74, 6) is 1.59. The summed E-state index contributed by atoms with van der Waals surface area (Å²) in [6.07, 6.45) is 2.57. The van der Waals surface area contributed by atoms with E-state index >= 15 is 0 Å². The van der Waals surface area contributed by atoms with E-state index in [0.29, 0.717) is 0 Å². The molecule has 0 aromatic heterocycles. The van der Waals surface area contributed by atoms with Gasteiger partial charge >= 0.3 is 0 Å². The molecule has 2 aliphatic heterocycles. The number of benzene rings is 1. The first-order valence-electron chi connectivity index (χ1n) is 8.42. The van der Waals surface area contributed by atoms with Gasteiger partial charge in [0.2, 0.25) is 0 Å². The van der Waals surface area contributed by atoms with Crippen LogP contribution < -0.4 is 10.2 Å². The fourth-order valence-corrected chi connectivity index (χ4v) is 3.80. The van der Waals surface area contributed by atoms with Gasteiger partial charge in [-0.05, 0) is 29.4 Å². The summed E-state index contributed by atoms with van der Waals surface area (Å²) in [6, 6.07) is 6.91. The van der Waals surface area contributed by atoms with Crippen LogP contribution in [0, 0.1) is 5.92 Å². The third-order valence-corrected chi connectivity index (χ3v) is 4.73. The van der Waals surface area contributed by atoms with Crippen molar-refractivity contribution in [3.8, 4) is 0 Å². The summed E-state index contributed by atoms with van der Waals surface area (Å²) in [5.41, 5.74) is 4.66. The molecule has 0 fully saturated rings. The lowest BCUT2D eigenvalue weighted by atomic mass is 9.77. The first kappa shape index (κ1) is 15.4. The zero-order valence-corrected chi connectivity index (χ0v) is 13.6. The Morgan fingerprint density at radius 3 is 2.70 bits per heavy atom. The van der Waals surface area contributed by atoms with Crippen LogP contribution in [0.25, 0.3) is 0 Å². The molecule has 0 radical (unpaired) electrons. The normalized spacial score (nSPS) is 24.3. The molecule has 2 heteroatoms. The Morgan fingerprint density at radius 1 is 1.20 bits per heavy atom. The van der Waals surface area contributed by atoms with E-state index in [-0.39, 0.29) is 0 Å². The number of nitrogens with zero attached hydrogens (tertiary/aromatic N) is 1. The van der Waals surface area contributed by atoms with Crippen LogP contribution in [0.4, 0.5) is 5.69 Å². The summed E-state index contributed by atoms with van der Waals surface area (Å²) in [4.78, 5) is 2.63. The quantitative estimate of drug-likeness (QED) is 0.871. The molecule has 0 bridgehead atoms. The molecule has 0 spiro atoms. The van der Waals surface area contributed by atoms with Crippen molar-refractivity contribution in [2.75, 3.05) is 24.5 Å². The van der Waals surface area contributed by atoms with Crippen LogP contribution in [-0.4, -0.2) is 19.6 Å². The smallest absolute Gasteiger partial charge is 0.0447 e. The zero-order valence-electron chi connectivity index (χ0n) is 13.6. The summed E-state index contributed by atoms with van der Waals surface area (Å²) < 4.78 is 0. The lowest BCUT2D eigenvalue weighted by Crippen LogP contribution is -2.39. The third-order valence-electron chi connectivity index (χ3n) is 4.73. The van der Waals surface area contributed by atoms with Gasteiger partial charge in [0.25, 0.3) is 0 Å². The van der Waals surface area contributed by atoms with Crippen LogP contribution in [0.3, 0.4) is 0 Å². The van der Waals surface area contributed by atoms with E-state index < -0.39 is 0 Å². The van der Waals surface area contributed by atoms with E-state index in [9.17, 15) is 0 Å². The molecule has 2 nitrogen and oxygen atoms in total. The Balaban J connectivity index is 0.000000704. The molecule has 1 aromatic carbocycles. The molecule has 0 aliphatic carbocycles. The topological polar surface area (TPSA) is 15.3 Å². The Labute approximate surface area is 124 Å². The maximum atomic E-state index is 3.55. The lowest BCUT2D eigenvalue weighted by molar-refractivity contribution is 0.381. The van der Waals surface area contributed by atoms with Crippen LogP contribution in [0.1, 0.15) is 57.6 Å². The number of rotatable bonds is 2. The first-order valence-corrected chi connectivity index (χ1v) is 8.42. The van der Waals surface area contributed by atoms with Crippen molar-refractivity contribution in [3.63, 3.8) is 0 Å². The first-order chi connectivity index (χ1) is 9.85. The van der Waals surface area contributed by atoms with E-state index in [1.807, 2.05) is 13.8 Å². The number of para-hydroxylation sites is 1. The molecule has 20 heavy (non-hydrogen) atoms. The maximum Gasteiger partial charge on any atom is 0.0447 e. The maximum absolute atomic E-state index is 3.55. The molecule has 2 aliphatic rings. The predicted molar refractivity (Wildman–Crippen MR) is 88.5 cm³/mol. The molecule has 1 aromatic rings. The molecule has 2 unspecified atom stereocenters. The van der Waals surface area contributed by atoms with Crippen molar-refractivity contribution in [3.05, 3.63) is 29.3 Å². The molecular formula is C18H30N2. The monoisotopic (exact) mass is 274 g/mol. The highest BCUT2D eigenvalue weighted by Crippen LogP contribution is 2.43. The summed E-state index contributed by atoms with van der Waals surface area (Å²) >= 11 is 0. The van der Waals surface area contributed by atoms with Gasteiger partial charge in [0.05, 0.1) is 0 Å². The Hall–Kier alpha value is -1.02. The van der Waals surface area contributed by atoms with Crippen LogP contribution in [0.2, 0.25) is 0 Å². The zero-order chi connectivity index (χ0) is 14.5. The average molecular weight is 274 g/mol. The number of anilines is 1. The van der Waals surface area contributed by atoms with Crippen LogP contribution in [0.15, 0.2) is 18.2 Å². The molecular weight excluding hydrogens is 244 g/mol. The molecule has 3 rings (SSSR count). The number of hydrogen-bond acceptors (Lipinski definition) is 2. The molecule has 2 atom stereocenters. The molecule has 0 amide bonds. The van der Waals surface area contributed by atoms with E-state index in [0.717, 1.165) is 31.5 Å².